The van der Waals surface area contributed by atoms with Crippen LogP contribution in [-0.4, -0.2) is 49.4 Å². The predicted molar refractivity (Wildman–Crippen MR) is 76.6 cm³/mol. The van der Waals surface area contributed by atoms with E-state index < -0.39 is 5.97 Å². The van der Waals surface area contributed by atoms with Gasteiger partial charge in [0.2, 0.25) is 11.8 Å². The van der Waals surface area contributed by atoms with Crippen LogP contribution in [0, 0.1) is 0 Å². The number of nitrogens with zero attached hydrogens (tertiary/aromatic N) is 2. The van der Waals surface area contributed by atoms with Gasteiger partial charge < -0.3 is 14.5 Å². The summed E-state index contributed by atoms with van der Waals surface area (Å²) in [5, 5.41) is 0. The standard InChI is InChI=1S/C15H18N2O4/c1-21-15(20)8-7-13(18)16-9-10-17(14(19)11-16)12-5-3-2-4-6-12/h2-6H,7-11H2,1H3. The highest BCUT2D eigenvalue weighted by atomic mass is 16.5. The van der Waals surface area contributed by atoms with Crippen LogP contribution in [0.25, 0.3) is 0 Å². The number of piperazine rings is 1. The Morgan fingerprint density at radius 1 is 1.14 bits per heavy atom. The molecule has 0 radical (unpaired) electrons. The average molecular weight is 290 g/mol. The van der Waals surface area contributed by atoms with Gasteiger partial charge in [-0.25, -0.2) is 0 Å². The molecule has 1 aliphatic heterocycles. The highest BCUT2D eigenvalue weighted by Crippen LogP contribution is 2.17. The summed E-state index contributed by atoms with van der Waals surface area (Å²) in [5.41, 5.74) is 0.837. The highest BCUT2D eigenvalue weighted by Gasteiger charge is 2.27. The molecule has 2 rings (SSSR count). The van der Waals surface area contributed by atoms with Gasteiger partial charge in [0.15, 0.2) is 0 Å². The van der Waals surface area contributed by atoms with Crippen molar-refractivity contribution in [2.75, 3.05) is 31.6 Å². The third kappa shape index (κ3) is 3.81. The van der Waals surface area contributed by atoms with Crippen LogP contribution in [-0.2, 0) is 19.1 Å². The zero-order valence-corrected chi connectivity index (χ0v) is 11.9. The largest absolute Gasteiger partial charge is 0.469 e. The van der Waals surface area contributed by atoms with E-state index in [1.54, 1.807) is 4.90 Å². The van der Waals surface area contributed by atoms with Crippen molar-refractivity contribution in [3.63, 3.8) is 0 Å². The summed E-state index contributed by atoms with van der Waals surface area (Å²) in [6.45, 7) is 0.988. The van der Waals surface area contributed by atoms with E-state index in [1.807, 2.05) is 30.3 Å². The first-order chi connectivity index (χ1) is 10.1. The van der Waals surface area contributed by atoms with Crippen LogP contribution in [0.1, 0.15) is 12.8 Å². The second kappa shape index (κ2) is 6.88. The van der Waals surface area contributed by atoms with Crippen molar-refractivity contribution in [2.24, 2.45) is 0 Å². The summed E-state index contributed by atoms with van der Waals surface area (Å²) in [5.74, 6) is -0.724. The fourth-order valence-corrected chi connectivity index (χ4v) is 2.24. The number of esters is 1. The van der Waals surface area contributed by atoms with Crippen LogP contribution in [0.2, 0.25) is 0 Å². The lowest BCUT2D eigenvalue weighted by Gasteiger charge is -2.34. The van der Waals surface area contributed by atoms with Gasteiger partial charge in [-0.15, -0.1) is 0 Å². The average Bonchev–Trinajstić information content (AvgIpc) is 2.52. The molecular formula is C15H18N2O4. The van der Waals surface area contributed by atoms with Gasteiger partial charge in [0, 0.05) is 25.2 Å². The molecule has 0 spiro atoms. The third-order valence-electron chi connectivity index (χ3n) is 3.41. The van der Waals surface area contributed by atoms with Gasteiger partial charge in [-0.3, -0.25) is 14.4 Å². The molecule has 0 aromatic heterocycles. The predicted octanol–water partition coefficient (Wildman–Crippen LogP) is 0.815. The van der Waals surface area contributed by atoms with E-state index >= 15 is 0 Å². The Kier molecular flexibility index (Phi) is 4.92. The van der Waals surface area contributed by atoms with Gasteiger partial charge in [-0.1, -0.05) is 18.2 Å². The van der Waals surface area contributed by atoms with Gasteiger partial charge in [-0.2, -0.15) is 0 Å². The topological polar surface area (TPSA) is 66.9 Å². The number of ether oxygens (including phenoxy) is 1. The summed E-state index contributed by atoms with van der Waals surface area (Å²) in [4.78, 5) is 38.3. The lowest BCUT2D eigenvalue weighted by Crippen LogP contribution is -2.52. The zero-order chi connectivity index (χ0) is 15.2. The molecule has 0 bridgehead atoms. The second-order valence-corrected chi connectivity index (χ2v) is 4.77. The van der Waals surface area contributed by atoms with Gasteiger partial charge in [0.25, 0.3) is 0 Å². The molecule has 1 heterocycles. The van der Waals surface area contributed by atoms with Crippen molar-refractivity contribution in [2.45, 2.75) is 12.8 Å². The fraction of sp³-hybridized carbons (Fsp3) is 0.400. The van der Waals surface area contributed by atoms with E-state index in [0.29, 0.717) is 13.1 Å². The molecule has 0 saturated carbocycles. The maximum absolute atomic E-state index is 12.1. The highest BCUT2D eigenvalue weighted by molar-refractivity contribution is 5.98. The summed E-state index contributed by atoms with van der Waals surface area (Å²) in [7, 11) is 1.29. The Morgan fingerprint density at radius 2 is 1.86 bits per heavy atom. The molecule has 0 unspecified atom stereocenters. The van der Waals surface area contributed by atoms with Crippen molar-refractivity contribution < 1.29 is 19.1 Å². The fourth-order valence-electron chi connectivity index (χ4n) is 2.24. The minimum atomic E-state index is -0.419. The molecule has 21 heavy (non-hydrogen) atoms. The number of methoxy groups -OCH3 is 1. The van der Waals surface area contributed by atoms with Crippen LogP contribution in [0.4, 0.5) is 5.69 Å². The van der Waals surface area contributed by atoms with Gasteiger partial charge in [0.1, 0.15) is 6.54 Å². The number of hydrogen-bond acceptors (Lipinski definition) is 4. The smallest absolute Gasteiger partial charge is 0.306 e. The van der Waals surface area contributed by atoms with Crippen molar-refractivity contribution in [3.05, 3.63) is 30.3 Å². The first-order valence-electron chi connectivity index (χ1n) is 6.82. The summed E-state index contributed by atoms with van der Waals surface area (Å²) in [6, 6.07) is 9.37. The van der Waals surface area contributed by atoms with E-state index in [9.17, 15) is 14.4 Å². The molecule has 0 aliphatic carbocycles. The quantitative estimate of drug-likeness (QED) is 0.770. The molecule has 1 aliphatic rings. The molecule has 0 atom stereocenters. The molecule has 1 fully saturated rings. The van der Waals surface area contributed by atoms with Crippen molar-refractivity contribution >= 4 is 23.5 Å². The molecule has 112 valence electrons. The maximum atomic E-state index is 12.1. The van der Waals surface area contributed by atoms with Crippen molar-refractivity contribution in [3.8, 4) is 0 Å². The first kappa shape index (κ1) is 15.0. The number of carbonyl (C=O) groups excluding carboxylic acids is 3. The molecule has 1 aromatic rings. The molecular weight excluding hydrogens is 272 g/mol. The van der Waals surface area contributed by atoms with Crippen LogP contribution in [0.3, 0.4) is 0 Å². The molecule has 1 aromatic carbocycles. The Balaban J connectivity index is 1.90. The Bertz CT molecular complexity index is 530. The van der Waals surface area contributed by atoms with E-state index in [2.05, 4.69) is 4.74 Å². The number of anilines is 1. The third-order valence-corrected chi connectivity index (χ3v) is 3.41. The monoisotopic (exact) mass is 290 g/mol. The van der Waals surface area contributed by atoms with Crippen LogP contribution < -0.4 is 4.90 Å². The van der Waals surface area contributed by atoms with E-state index in [4.69, 9.17) is 0 Å². The van der Waals surface area contributed by atoms with E-state index in [1.165, 1.54) is 12.0 Å². The number of para-hydroxylation sites is 1. The van der Waals surface area contributed by atoms with Gasteiger partial charge >= 0.3 is 5.97 Å². The lowest BCUT2D eigenvalue weighted by atomic mass is 10.2. The molecule has 6 heteroatoms. The van der Waals surface area contributed by atoms with Gasteiger partial charge in [-0.05, 0) is 12.1 Å². The van der Waals surface area contributed by atoms with Crippen molar-refractivity contribution in [1.29, 1.82) is 0 Å². The first-order valence-corrected chi connectivity index (χ1v) is 6.82. The molecule has 1 saturated heterocycles. The number of benzene rings is 1. The van der Waals surface area contributed by atoms with Crippen molar-refractivity contribution in [1.82, 2.24) is 4.90 Å². The summed E-state index contributed by atoms with van der Waals surface area (Å²) >= 11 is 0. The van der Waals surface area contributed by atoms with Gasteiger partial charge in [0.05, 0.1) is 13.5 Å². The zero-order valence-electron chi connectivity index (χ0n) is 11.9. The van der Waals surface area contributed by atoms with Crippen LogP contribution in [0.15, 0.2) is 30.3 Å². The summed E-state index contributed by atoms with van der Waals surface area (Å²) < 4.78 is 4.50. The minimum absolute atomic E-state index is 0.0441. The summed E-state index contributed by atoms with van der Waals surface area (Å²) in [6.07, 6.45) is 0.119. The Labute approximate surface area is 123 Å². The normalized spacial score (nSPS) is 15.0. The number of rotatable bonds is 4. The molecule has 2 amide bonds. The minimum Gasteiger partial charge on any atom is -0.469 e. The Hall–Kier alpha value is -2.37. The number of carbonyl (C=O) groups is 3. The number of hydrogen-bond donors (Lipinski definition) is 0. The maximum Gasteiger partial charge on any atom is 0.306 e. The second-order valence-electron chi connectivity index (χ2n) is 4.77. The molecule has 6 nitrogen and oxygen atoms in total. The van der Waals surface area contributed by atoms with E-state index in [-0.39, 0.29) is 31.2 Å². The van der Waals surface area contributed by atoms with Crippen LogP contribution in [0.5, 0.6) is 0 Å². The Morgan fingerprint density at radius 3 is 2.48 bits per heavy atom. The van der Waals surface area contributed by atoms with Crippen LogP contribution >= 0.6 is 0 Å². The van der Waals surface area contributed by atoms with E-state index in [0.717, 1.165) is 5.69 Å². The SMILES string of the molecule is COC(=O)CCC(=O)N1CCN(c2ccccc2)C(=O)C1. The molecule has 0 N–H and O–H groups in total. The lowest BCUT2D eigenvalue weighted by molar-refractivity contribution is -0.144. The number of amides is 2.